The number of amides is 1. The highest BCUT2D eigenvalue weighted by Gasteiger charge is 2.20. The zero-order valence-corrected chi connectivity index (χ0v) is 19.5. The van der Waals surface area contributed by atoms with Crippen LogP contribution in [0.25, 0.3) is 16.6 Å². The second-order valence-electron chi connectivity index (χ2n) is 8.30. The summed E-state index contributed by atoms with van der Waals surface area (Å²) in [6, 6.07) is 6.69. The molecule has 0 spiro atoms. The Labute approximate surface area is 201 Å². The van der Waals surface area contributed by atoms with Gasteiger partial charge in [0.1, 0.15) is 12.1 Å². The number of fused-ring (bicyclic) bond motifs is 2. The first-order valence-electron chi connectivity index (χ1n) is 11.4. The van der Waals surface area contributed by atoms with E-state index in [0.717, 1.165) is 37.3 Å². The van der Waals surface area contributed by atoms with Gasteiger partial charge in [-0.1, -0.05) is 0 Å². The Bertz CT molecular complexity index is 1380. The lowest BCUT2D eigenvalue weighted by atomic mass is 10.1. The molecule has 4 aromatic rings. The number of rotatable bonds is 7. The number of aromatic nitrogens is 4. The Kier molecular flexibility index (Phi) is 6.43. The number of carbonyl (C=O) groups excluding carboxylic acids is 1. The summed E-state index contributed by atoms with van der Waals surface area (Å²) in [7, 11) is 1.60. The topological polar surface area (TPSA) is 106 Å². The maximum Gasteiger partial charge on any atom is 0.257 e. The van der Waals surface area contributed by atoms with E-state index in [1.807, 2.05) is 6.07 Å². The Balaban J connectivity index is 1.51. The van der Waals surface area contributed by atoms with Gasteiger partial charge in [-0.05, 0) is 19.1 Å². The Morgan fingerprint density at radius 2 is 2.00 bits per heavy atom. The molecule has 1 aliphatic heterocycles. The van der Waals surface area contributed by atoms with E-state index < -0.39 is 11.7 Å². The summed E-state index contributed by atoms with van der Waals surface area (Å²) in [5, 5.41) is 15.4. The number of benzene rings is 1. The number of nitrogens with zero attached hydrogens (tertiary/aromatic N) is 5. The highest BCUT2D eigenvalue weighted by molar-refractivity contribution is 6.13. The minimum absolute atomic E-state index is 0.207. The van der Waals surface area contributed by atoms with Gasteiger partial charge in [-0.25, -0.2) is 9.37 Å². The summed E-state index contributed by atoms with van der Waals surface area (Å²) < 4.78 is 26.8. The summed E-state index contributed by atoms with van der Waals surface area (Å²) in [5.74, 6) is -0.584. The molecular formula is C24H26FN7O3. The van der Waals surface area contributed by atoms with Gasteiger partial charge in [0.05, 0.1) is 23.6 Å². The van der Waals surface area contributed by atoms with Gasteiger partial charge < -0.3 is 29.4 Å². The average Bonchev–Trinajstić information content (AvgIpc) is 3.24. The summed E-state index contributed by atoms with van der Waals surface area (Å²) in [5.41, 5.74) is 2.92. The quantitative estimate of drug-likeness (QED) is 0.390. The SMILES string of the molecule is COCCOc1cc2c(N3CCNCC3)ccc(C(=O)Nc3cc(F)c4nc(C)cn4c3)c2nn1. The van der Waals surface area contributed by atoms with Crippen molar-refractivity contribution in [3.63, 3.8) is 0 Å². The summed E-state index contributed by atoms with van der Waals surface area (Å²) in [6.45, 7) is 5.91. The van der Waals surface area contributed by atoms with E-state index in [2.05, 4.69) is 30.7 Å². The first kappa shape index (κ1) is 22.9. The number of hydrogen-bond acceptors (Lipinski definition) is 8. The van der Waals surface area contributed by atoms with Crippen LogP contribution in [0, 0.1) is 12.7 Å². The smallest absolute Gasteiger partial charge is 0.257 e. The maximum atomic E-state index is 14.5. The zero-order chi connectivity index (χ0) is 24.4. The number of ether oxygens (including phenoxy) is 2. The number of imidazole rings is 1. The predicted octanol–water partition coefficient (Wildman–Crippen LogP) is 2.41. The Morgan fingerprint density at radius 3 is 2.80 bits per heavy atom. The van der Waals surface area contributed by atoms with Crippen LogP contribution < -0.4 is 20.3 Å². The second-order valence-corrected chi connectivity index (χ2v) is 8.30. The molecule has 1 fully saturated rings. The van der Waals surface area contributed by atoms with E-state index in [9.17, 15) is 9.18 Å². The number of nitrogens with one attached hydrogen (secondary N) is 2. The standard InChI is InChI=1S/C24H26FN7O3/c1-15-13-32-14-16(11-19(25)23(32)27-15)28-24(33)17-3-4-20(31-7-5-26-6-8-31)18-12-21(29-30-22(17)18)35-10-9-34-2/h3-4,11-14,26H,5-10H2,1-2H3,(H,28,33). The molecule has 0 saturated carbocycles. The van der Waals surface area contributed by atoms with E-state index in [0.29, 0.717) is 41.6 Å². The number of methoxy groups -OCH3 is 1. The van der Waals surface area contributed by atoms with Crippen LogP contribution in [0.1, 0.15) is 16.1 Å². The van der Waals surface area contributed by atoms with Crippen molar-refractivity contribution >= 4 is 33.8 Å². The van der Waals surface area contributed by atoms with Gasteiger partial charge in [0.25, 0.3) is 5.91 Å². The van der Waals surface area contributed by atoms with Gasteiger partial charge in [0.15, 0.2) is 11.5 Å². The molecule has 1 saturated heterocycles. The molecule has 0 aliphatic carbocycles. The number of piperazine rings is 1. The first-order chi connectivity index (χ1) is 17.0. The van der Waals surface area contributed by atoms with Crippen molar-refractivity contribution in [3.8, 4) is 5.88 Å². The van der Waals surface area contributed by atoms with Gasteiger partial charge in [-0.3, -0.25) is 4.79 Å². The largest absolute Gasteiger partial charge is 0.474 e. The van der Waals surface area contributed by atoms with Crippen molar-refractivity contribution in [1.82, 2.24) is 24.9 Å². The first-order valence-corrected chi connectivity index (χ1v) is 11.4. The van der Waals surface area contributed by atoms with Crippen LogP contribution in [0.2, 0.25) is 0 Å². The maximum absolute atomic E-state index is 14.5. The van der Waals surface area contributed by atoms with E-state index in [-0.39, 0.29) is 5.65 Å². The van der Waals surface area contributed by atoms with Gasteiger partial charge >= 0.3 is 0 Å². The number of anilines is 2. The number of pyridine rings is 1. The molecule has 5 rings (SSSR count). The lowest BCUT2D eigenvalue weighted by Crippen LogP contribution is -2.43. The normalized spacial score (nSPS) is 14.0. The molecule has 3 aromatic heterocycles. The summed E-state index contributed by atoms with van der Waals surface area (Å²) >= 11 is 0. The fourth-order valence-corrected chi connectivity index (χ4v) is 4.21. The Hall–Kier alpha value is -3.83. The fourth-order valence-electron chi connectivity index (χ4n) is 4.21. The lowest BCUT2D eigenvalue weighted by molar-refractivity contribution is 0.102. The third-order valence-electron chi connectivity index (χ3n) is 5.83. The molecule has 0 unspecified atom stereocenters. The number of halogens is 1. The highest BCUT2D eigenvalue weighted by Crippen LogP contribution is 2.31. The third kappa shape index (κ3) is 4.73. The minimum atomic E-state index is -0.521. The molecule has 1 amide bonds. The molecule has 182 valence electrons. The molecule has 0 atom stereocenters. The molecule has 10 nitrogen and oxygen atoms in total. The van der Waals surface area contributed by atoms with Crippen molar-refractivity contribution in [2.75, 3.05) is 56.7 Å². The van der Waals surface area contributed by atoms with E-state index in [1.54, 1.807) is 43.0 Å². The van der Waals surface area contributed by atoms with Gasteiger partial charge in [0.2, 0.25) is 5.88 Å². The number of aryl methyl sites for hydroxylation is 1. The van der Waals surface area contributed by atoms with Crippen LogP contribution in [-0.4, -0.2) is 72.0 Å². The third-order valence-corrected chi connectivity index (χ3v) is 5.83. The van der Waals surface area contributed by atoms with E-state index in [4.69, 9.17) is 9.47 Å². The highest BCUT2D eigenvalue weighted by atomic mass is 19.1. The van der Waals surface area contributed by atoms with Crippen LogP contribution in [0.15, 0.2) is 36.7 Å². The van der Waals surface area contributed by atoms with Gasteiger partial charge in [0, 0.05) is 68.9 Å². The predicted molar refractivity (Wildman–Crippen MR) is 130 cm³/mol. The second kappa shape index (κ2) is 9.80. The van der Waals surface area contributed by atoms with Crippen LogP contribution in [-0.2, 0) is 4.74 Å². The van der Waals surface area contributed by atoms with E-state index in [1.165, 1.54) is 6.07 Å². The molecule has 4 heterocycles. The molecular weight excluding hydrogens is 453 g/mol. The van der Waals surface area contributed by atoms with Gasteiger partial charge in [-0.15, -0.1) is 10.2 Å². The molecule has 35 heavy (non-hydrogen) atoms. The molecule has 0 bridgehead atoms. The monoisotopic (exact) mass is 479 g/mol. The lowest BCUT2D eigenvalue weighted by Gasteiger charge is -2.30. The molecule has 1 aliphatic rings. The molecule has 11 heteroatoms. The summed E-state index contributed by atoms with van der Waals surface area (Å²) in [4.78, 5) is 19.7. The molecule has 0 radical (unpaired) electrons. The fraction of sp³-hybridized carbons (Fsp3) is 0.333. The number of carbonyl (C=O) groups is 1. The van der Waals surface area contributed by atoms with Crippen LogP contribution in [0.4, 0.5) is 15.8 Å². The minimum Gasteiger partial charge on any atom is -0.474 e. The average molecular weight is 480 g/mol. The van der Waals surface area contributed by atoms with Crippen molar-refractivity contribution in [2.45, 2.75) is 6.92 Å². The molecule has 2 N–H and O–H groups in total. The van der Waals surface area contributed by atoms with Crippen molar-refractivity contribution in [1.29, 1.82) is 0 Å². The van der Waals surface area contributed by atoms with Crippen LogP contribution in [0.5, 0.6) is 5.88 Å². The van der Waals surface area contributed by atoms with Crippen LogP contribution in [0.3, 0.4) is 0 Å². The molecule has 1 aromatic carbocycles. The van der Waals surface area contributed by atoms with Crippen molar-refractivity contribution in [3.05, 3.63) is 53.7 Å². The van der Waals surface area contributed by atoms with E-state index >= 15 is 0 Å². The Morgan fingerprint density at radius 1 is 1.17 bits per heavy atom. The van der Waals surface area contributed by atoms with Crippen molar-refractivity contribution < 1.29 is 18.7 Å². The van der Waals surface area contributed by atoms with Gasteiger partial charge in [-0.2, -0.15) is 0 Å². The summed E-state index contributed by atoms with van der Waals surface area (Å²) in [6.07, 6.45) is 3.32. The van der Waals surface area contributed by atoms with Crippen LogP contribution >= 0.6 is 0 Å². The van der Waals surface area contributed by atoms with Crippen molar-refractivity contribution in [2.24, 2.45) is 0 Å². The zero-order valence-electron chi connectivity index (χ0n) is 19.5. The number of hydrogen-bond donors (Lipinski definition) is 2.